The Balaban J connectivity index is 1.91. The number of thioether (sulfide) groups is 1. The number of carbonyl (C=O) groups excluding carboxylic acids is 1. The third-order valence-electron chi connectivity index (χ3n) is 3.25. The second kappa shape index (κ2) is 7.43. The zero-order valence-corrected chi connectivity index (χ0v) is 14.7. The molecule has 7 nitrogen and oxygen atoms in total. The summed E-state index contributed by atoms with van der Waals surface area (Å²) in [5.41, 5.74) is 7.76. The molecule has 0 radical (unpaired) electrons. The van der Waals surface area contributed by atoms with Crippen molar-refractivity contribution < 1.29 is 9.21 Å². The molecule has 0 unspecified atom stereocenters. The molecule has 2 heterocycles. The lowest BCUT2D eigenvalue weighted by Crippen LogP contribution is -1.99. The fraction of sp³-hybridized carbons (Fsp3) is 0.235. The lowest BCUT2D eigenvalue weighted by atomic mass is 10.1. The van der Waals surface area contributed by atoms with Gasteiger partial charge in [0.2, 0.25) is 5.89 Å². The van der Waals surface area contributed by atoms with Gasteiger partial charge in [0, 0.05) is 15.7 Å². The van der Waals surface area contributed by atoms with E-state index in [0.717, 1.165) is 5.56 Å². The number of aldehydes is 1. The van der Waals surface area contributed by atoms with Crippen LogP contribution < -0.4 is 5.73 Å². The molecule has 0 saturated carbocycles. The monoisotopic (exact) mass is 355 g/mol. The van der Waals surface area contributed by atoms with Crippen LogP contribution in [0.2, 0.25) is 0 Å². The Hall–Kier alpha value is -2.74. The summed E-state index contributed by atoms with van der Waals surface area (Å²) in [4.78, 5) is 20.4. The Labute approximate surface area is 149 Å². The lowest BCUT2D eigenvalue weighted by molar-refractivity contribution is -0.107. The average Bonchev–Trinajstić information content (AvgIpc) is 3.04. The van der Waals surface area contributed by atoms with Gasteiger partial charge in [-0.05, 0) is 12.1 Å². The van der Waals surface area contributed by atoms with Gasteiger partial charge in [0.1, 0.15) is 6.29 Å². The highest BCUT2D eigenvalue weighted by Gasteiger charge is 2.15. The fourth-order valence-corrected chi connectivity index (χ4v) is 3.01. The number of benzene rings is 1. The molecule has 3 aromatic rings. The summed E-state index contributed by atoms with van der Waals surface area (Å²) in [6, 6.07) is 8.07. The molecule has 0 atom stereocenters. The van der Waals surface area contributed by atoms with E-state index in [1.807, 2.05) is 24.3 Å². The molecule has 0 aliphatic carbocycles. The van der Waals surface area contributed by atoms with Crippen molar-refractivity contribution in [3.8, 4) is 22.8 Å². The molecule has 0 aliphatic rings. The van der Waals surface area contributed by atoms with Gasteiger partial charge in [-0.15, -0.1) is 22.0 Å². The van der Waals surface area contributed by atoms with Crippen molar-refractivity contribution in [3.63, 3.8) is 0 Å². The van der Waals surface area contributed by atoms with Crippen molar-refractivity contribution in [2.45, 2.75) is 30.4 Å². The van der Waals surface area contributed by atoms with E-state index in [4.69, 9.17) is 10.2 Å². The largest absolute Gasteiger partial charge is 0.419 e. The molecule has 0 saturated heterocycles. The highest BCUT2D eigenvalue weighted by atomic mass is 32.2. The maximum Gasteiger partial charge on any atom is 0.270 e. The molecule has 1 aromatic carbocycles. The SMILES string of the molecule is CC(C)Sc1ccc(-c2cnc(N)c(-c3nnc(CC=O)o3)n2)cc1. The predicted octanol–water partition coefficient (Wildman–Crippen LogP) is 3.02. The van der Waals surface area contributed by atoms with Crippen LogP contribution in [0.5, 0.6) is 0 Å². The quantitative estimate of drug-likeness (QED) is 0.531. The Kier molecular flexibility index (Phi) is 5.08. The van der Waals surface area contributed by atoms with Crippen LogP contribution in [0.1, 0.15) is 19.7 Å². The first-order valence-electron chi connectivity index (χ1n) is 7.73. The molecular weight excluding hydrogens is 338 g/mol. The molecule has 2 aromatic heterocycles. The molecule has 0 amide bonds. The van der Waals surface area contributed by atoms with E-state index in [0.29, 0.717) is 22.9 Å². The number of rotatable bonds is 6. The molecular formula is C17H17N5O2S. The molecule has 0 bridgehead atoms. The fourth-order valence-electron chi connectivity index (χ4n) is 2.17. The predicted molar refractivity (Wildman–Crippen MR) is 95.9 cm³/mol. The molecule has 128 valence electrons. The average molecular weight is 355 g/mol. The number of nitrogen functional groups attached to an aromatic ring is 1. The maximum atomic E-state index is 10.5. The molecule has 25 heavy (non-hydrogen) atoms. The number of anilines is 1. The number of nitrogens with two attached hydrogens (primary N) is 1. The Morgan fingerprint density at radius 3 is 2.68 bits per heavy atom. The molecule has 0 fully saturated rings. The van der Waals surface area contributed by atoms with Crippen LogP contribution in [-0.4, -0.2) is 31.7 Å². The van der Waals surface area contributed by atoms with Crippen LogP contribution in [-0.2, 0) is 11.2 Å². The minimum atomic E-state index is 0.0506. The number of aromatic nitrogens is 4. The number of hydrogen-bond acceptors (Lipinski definition) is 8. The van der Waals surface area contributed by atoms with Crippen LogP contribution in [0, 0.1) is 0 Å². The van der Waals surface area contributed by atoms with Crippen LogP contribution in [0.3, 0.4) is 0 Å². The van der Waals surface area contributed by atoms with E-state index in [-0.39, 0.29) is 24.0 Å². The molecule has 0 spiro atoms. The summed E-state index contributed by atoms with van der Waals surface area (Å²) in [6.45, 7) is 4.30. The molecule has 0 aliphatic heterocycles. The summed E-state index contributed by atoms with van der Waals surface area (Å²) in [5, 5.41) is 8.20. The number of hydrogen-bond donors (Lipinski definition) is 1. The van der Waals surface area contributed by atoms with Gasteiger partial charge in [-0.2, -0.15) is 0 Å². The van der Waals surface area contributed by atoms with E-state index in [1.54, 1.807) is 18.0 Å². The summed E-state index contributed by atoms with van der Waals surface area (Å²) in [5.74, 6) is 0.555. The van der Waals surface area contributed by atoms with Gasteiger partial charge in [0.25, 0.3) is 5.89 Å². The summed E-state index contributed by atoms with van der Waals surface area (Å²) < 4.78 is 5.41. The van der Waals surface area contributed by atoms with Crippen molar-refractivity contribution in [2.24, 2.45) is 0 Å². The van der Waals surface area contributed by atoms with Crippen molar-refractivity contribution in [1.29, 1.82) is 0 Å². The standard InChI is InChI=1S/C17H17N5O2S/c1-10(2)25-12-5-3-11(4-6-12)13-9-19-16(18)15(20-13)17-22-21-14(24-17)7-8-23/h3-6,8-10H,7H2,1-2H3,(H2,18,19). The summed E-state index contributed by atoms with van der Waals surface area (Å²) in [7, 11) is 0. The van der Waals surface area contributed by atoms with E-state index >= 15 is 0 Å². The van der Waals surface area contributed by atoms with Crippen molar-refractivity contribution >= 4 is 23.9 Å². The Morgan fingerprint density at radius 2 is 2.00 bits per heavy atom. The summed E-state index contributed by atoms with van der Waals surface area (Å²) >= 11 is 1.79. The number of nitrogens with zero attached hydrogens (tertiary/aromatic N) is 4. The minimum absolute atomic E-state index is 0.0506. The van der Waals surface area contributed by atoms with Gasteiger partial charge in [-0.3, -0.25) is 0 Å². The minimum Gasteiger partial charge on any atom is -0.419 e. The third kappa shape index (κ3) is 4.03. The van der Waals surface area contributed by atoms with E-state index in [9.17, 15) is 4.79 Å². The van der Waals surface area contributed by atoms with Gasteiger partial charge < -0.3 is 14.9 Å². The highest BCUT2D eigenvalue weighted by Crippen LogP contribution is 2.28. The first-order valence-corrected chi connectivity index (χ1v) is 8.60. The van der Waals surface area contributed by atoms with E-state index in [1.165, 1.54) is 4.90 Å². The van der Waals surface area contributed by atoms with Gasteiger partial charge in [0.05, 0.1) is 18.3 Å². The van der Waals surface area contributed by atoms with Crippen molar-refractivity contribution in [1.82, 2.24) is 20.2 Å². The molecule has 3 rings (SSSR count). The maximum absolute atomic E-state index is 10.5. The normalized spacial score (nSPS) is 11.0. The van der Waals surface area contributed by atoms with E-state index < -0.39 is 0 Å². The number of carbonyl (C=O) groups is 1. The van der Waals surface area contributed by atoms with Gasteiger partial charge in [0.15, 0.2) is 11.5 Å². The van der Waals surface area contributed by atoms with Crippen LogP contribution in [0.4, 0.5) is 5.82 Å². The zero-order valence-electron chi connectivity index (χ0n) is 13.8. The Morgan fingerprint density at radius 1 is 1.24 bits per heavy atom. The first-order chi connectivity index (χ1) is 12.1. The lowest BCUT2D eigenvalue weighted by Gasteiger charge is -2.07. The van der Waals surface area contributed by atoms with Crippen molar-refractivity contribution in [3.05, 3.63) is 36.4 Å². The van der Waals surface area contributed by atoms with Crippen LogP contribution in [0.15, 0.2) is 39.8 Å². The smallest absolute Gasteiger partial charge is 0.270 e. The molecule has 8 heteroatoms. The van der Waals surface area contributed by atoms with Gasteiger partial charge in [-0.25, -0.2) is 9.97 Å². The highest BCUT2D eigenvalue weighted by molar-refractivity contribution is 7.99. The van der Waals surface area contributed by atoms with Gasteiger partial charge >= 0.3 is 0 Å². The first kappa shape index (κ1) is 17.1. The van der Waals surface area contributed by atoms with Crippen molar-refractivity contribution in [2.75, 3.05) is 5.73 Å². The second-order valence-corrected chi connectivity index (χ2v) is 7.20. The second-order valence-electron chi connectivity index (χ2n) is 5.55. The molecule has 2 N–H and O–H groups in total. The van der Waals surface area contributed by atoms with E-state index in [2.05, 4.69) is 34.0 Å². The van der Waals surface area contributed by atoms with Crippen LogP contribution >= 0.6 is 11.8 Å². The topological polar surface area (TPSA) is 108 Å². The third-order valence-corrected chi connectivity index (χ3v) is 4.27. The summed E-state index contributed by atoms with van der Waals surface area (Å²) in [6.07, 6.45) is 2.35. The van der Waals surface area contributed by atoms with Gasteiger partial charge in [-0.1, -0.05) is 26.0 Å². The zero-order chi connectivity index (χ0) is 17.8. The van der Waals surface area contributed by atoms with Crippen LogP contribution in [0.25, 0.3) is 22.8 Å². The Bertz CT molecular complexity index is 877.